The van der Waals surface area contributed by atoms with Gasteiger partial charge in [-0.25, -0.2) is 13.4 Å². The van der Waals surface area contributed by atoms with Crippen LogP contribution in [-0.2, 0) is 9.84 Å². The van der Waals surface area contributed by atoms with Gasteiger partial charge in [-0.3, -0.25) is 0 Å². The molecule has 0 aromatic heterocycles. The molecule has 1 fully saturated rings. The van der Waals surface area contributed by atoms with Crippen LogP contribution >= 0.6 is 15.9 Å². The lowest BCUT2D eigenvalue weighted by molar-refractivity contribution is 0.563. The topological polar surface area (TPSA) is 58.5 Å². The second-order valence-corrected chi connectivity index (χ2v) is 7.12. The van der Waals surface area contributed by atoms with Crippen LogP contribution in [0.25, 0.3) is 0 Å². The molecule has 0 amide bonds. The first-order chi connectivity index (χ1) is 7.10. The van der Waals surface area contributed by atoms with E-state index in [0.717, 1.165) is 12.8 Å². The van der Waals surface area contributed by atoms with Crippen molar-refractivity contribution >= 4 is 30.8 Å². The summed E-state index contributed by atoms with van der Waals surface area (Å²) in [5, 5.41) is 3.46. The summed E-state index contributed by atoms with van der Waals surface area (Å²) in [5.41, 5.74) is 0. The molecule has 2 aliphatic rings. The fraction of sp³-hybridized carbons (Fsp3) is 0.667. The second kappa shape index (κ2) is 4.35. The molecule has 15 heavy (non-hydrogen) atoms. The molecule has 1 aliphatic carbocycles. The largest absolute Gasteiger partial charge is 0.308 e. The minimum atomic E-state index is -3.29. The Kier molecular flexibility index (Phi) is 3.27. The highest BCUT2D eigenvalue weighted by molar-refractivity contribution is 9.14. The minimum Gasteiger partial charge on any atom is -0.308 e. The van der Waals surface area contributed by atoms with Crippen molar-refractivity contribution in [3.05, 3.63) is 10.0 Å². The minimum absolute atomic E-state index is 0.165. The van der Waals surface area contributed by atoms with Crippen LogP contribution in [0, 0.1) is 0 Å². The van der Waals surface area contributed by atoms with Crippen molar-refractivity contribution < 1.29 is 8.42 Å². The Bertz CT molecular complexity index is 408. The Hall–Kier alpha value is -0.200. The monoisotopic (exact) mass is 292 g/mol. The van der Waals surface area contributed by atoms with Crippen LogP contribution in [0.3, 0.4) is 0 Å². The molecule has 1 aliphatic heterocycles. The molecule has 2 rings (SSSR count). The third kappa shape index (κ3) is 2.32. The first-order valence-electron chi connectivity index (χ1n) is 5.01. The first-order valence-corrected chi connectivity index (χ1v) is 7.29. The Morgan fingerprint density at radius 2 is 2.13 bits per heavy atom. The average Bonchev–Trinajstić information content (AvgIpc) is 2.76. The number of nitrogens with one attached hydrogen (secondary N) is 1. The van der Waals surface area contributed by atoms with E-state index in [1.807, 2.05) is 0 Å². The number of nitrogens with zero attached hydrogens (tertiary/aromatic N) is 1. The van der Waals surface area contributed by atoms with E-state index in [0.29, 0.717) is 12.6 Å². The van der Waals surface area contributed by atoms with Crippen molar-refractivity contribution in [2.24, 2.45) is 4.99 Å². The molecule has 6 heteroatoms. The molecule has 0 unspecified atom stereocenters. The molecule has 84 valence electrons. The highest BCUT2D eigenvalue weighted by Crippen LogP contribution is 2.23. The number of halogens is 1. The zero-order valence-electron chi connectivity index (χ0n) is 8.24. The third-order valence-electron chi connectivity index (χ3n) is 2.77. The zero-order valence-corrected chi connectivity index (χ0v) is 10.6. The van der Waals surface area contributed by atoms with Gasteiger partial charge in [0.2, 0.25) is 9.84 Å². The van der Waals surface area contributed by atoms with Gasteiger partial charge in [0.1, 0.15) is 3.81 Å². The van der Waals surface area contributed by atoms with Crippen LogP contribution in [-0.4, -0.2) is 26.0 Å². The standard InChI is InChI=1S/C9H13BrN2O2S/c10-8-5-12-9(15(8,13)14)6-11-7-3-1-2-4-7/h5,7,11H,1-4,6H2. The quantitative estimate of drug-likeness (QED) is 0.858. The first kappa shape index (κ1) is 11.3. The molecule has 0 radical (unpaired) electrons. The van der Waals surface area contributed by atoms with Crippen LogP contribution in [0.15, 0.2) is 15.0 Å². The van der Waals surface area contributed by atoms with E-state index < -0.39 is 9.84 Å². The van der Waals surface area contributed by atoms with Crippen molar-refractivity contribution in [1.29, 1.82) is 0 Å². The van der Waals surface area contributed by atoms with Gasteiger partial charge < -0.3 is 5.32 Å². The Morgan fingerprint density at radius 3 is 2.67 bits per heavy atom. The molecule has 0 atom stereocenters. The van der Waals surface area contributed by atoms with Crippen LogP contribution in [0.1, 0.15) is 25.7 Å². The van der Waals surface area contributed by atoms with Gasteiger partial charge >= 0.3 is 0 Å². The Morgan fingerprint density at radius 1 is 1.47 bits per heavy atom. The molecule has 1 saturated carbocycles. The van der Waals surface area contributed by atoms with Gasteiger partial charge in [0.15, 0.2) is 5.04 Å². The number of hydrogen-bond acceptors (Lipinski definition) is 4. The van der Waals surface area contributed by atoms with Crippen molar-refractivity contribution in [3.63, 3.8) is 0 Å². The van der Waals surface area contributed by atoms with Gasteiger partial charge in [-0.1, -0.05) is 12.8 Å². The van der Waals surface area contributed by atoms with Crippen LogP contribution in [0.4, 0.5) is 0 Å². The Balaban J connectivity index is 1.92. The van der Waals surface area contributed by atoms with Gasteiger partial charge in [-0.2, -0.15) is 0 Å². The summed E-state index contributed by atoms with van der Waals surface area (Å²) in [4.78, 5) is 3.89. The lowest BCUT2D eigenvalue weighted by Gasteiger charge is -2.11. The molecule has 0 bridgehead atoms. The molecule has 0 saturated heterocycles. The summed E-state index contributed by atoms with van der Waals surface area (Å²) < 4.78 is 23.4. The van der Waals surface area contributed by atoms with Crippen LogP contribution < -0.4 is 5.32 Å². The molecule has 1 heterocycles. The summed E-state index contributed by atoms with van der Waals surface area (Å²) in [5.74, 6) is 0. The summed E-state index contributed by atoms with van der Waals surface area (Å²) in [6.07, 6.45) is 6.10. The summed E-state index contributed by atoms with van der Waals surface area (Å²) in [6, 6.07) is 0.460. The van der Waals surface area contributed by atoms with Gasteiger partial charge in [0.25, 0.3) is 0 Å². The second-order valence-electron chi connectivity index (χ2n) is 3.82. The van der Waals surface area contributed by atoms with E-state index in [-0.39, 0.29) is 8.86 Å². The highest BCUT2D eigenvalue weighted by Gasteiger charge is 2.28. The van der Waals surface area contributed by atoms with Crippen molar-refractivity contribution in [2.45, 2.75) is 31.7 Å². The fourth-order valence-corrected chi connectivity index (χ4v) is 3.42. The van der Waals surface area contributed by atoms with E-state index in [4.69, 9.17) is 0 Å². The van der Waals surface area contributed by atoms with Crippen molar-refractivity contribution in [1.82, 2.24) is 5.32 Å². The van der Waals surface area contributed by atoms with Gasteiger partial charge in [-0.05, 0) is 28.8 Å². The SMILES string of the molecule is O=S1(=O)C(Br)=CN=C1CNC1CCCC1. The van der Waals surface area contributed by atoms with Gasteiger partial charge in [-0.15, -0.1) is 0 Å². The third-order valence-corrected chi connectivity index (χ3v) is 5.75. The van der Waals surface area contributed by atoms with E-state index >= 15 is 0 Å². The number of aliphatic imine (C=N–C) groups is 1. The van der Waals surface area contributed by atoms with E-state index in [2.05, 4.69) is 26.2 Å². The van der Waals surface area contributed by atoms with Crippen LogP contribution in [0.2, 0.25) is 0 Å². The van der Waals surface area contributed by atoms with Crippen molar-refractivity contribution in [3.8, 4) is 0 Å². The van der Waals surface area contributed by atoms with E-state index in [1.54, 1.807) is 0 Å². The summed E-state index contributed by atoms with van der Waals surface area (Å²) in [6.45, 7) is 0.346. The fourth-order valence-electron chi connectivity index (χ4n) is 1.88. The molecule has 0 spiro atoms. The van der Waals surface area contributed by atoms with Crippen molar-refractivity contribution in [2.75, 3.05) is 6.54 Å². The maximum absolute atomic E-state index is 11.6. The highest BCUT2D eigenvalue weighted by atomic mass is 79.9. The predicted octanol–water partition coefficient (Wildman–Crippen LogP) is 1.54. The summed E-state index contributed by atoms with van der Waals surface area (Å²) >= 11 is 2.98. The zero-order chi connectivity index (χ0) is 10.9. The normalized spacial score (nSPS) is 25.4. The molecule has 1 N–H and O–H groups in total. The lowest BCUT2D eigenvalue weighted by atomic mass is 10.2. The molecular formula is C9H13BrN2O2S. The molecule has 0 aromatic carbocycles. The number of sulfone groups is 1. The smallest absolute Gasteiger partial charge is 0.229 e. The van der Waals surface area contributed by atoms with Gasteiger partial charge in [0, 0.05) is 12.6 Å². The predicted molar refractivity (Wildman–Crippen MR) is 63.6 cm³/mol. The molecule has 0 aromatic rings. The molecular weight excluding hydrogens is 280 g/mol. The number of hydrogen-bond donors (Lipinski definition) is 1. The lowest BCUT2D eigenvalue weighted by Crippen LogP contribution is -2.33. The van der Waals surface area contributed by atoms with Gasteiger partial charge in [0.05, 0.1) is 6.20 Å². The Labute approximate surface area is 97.9 Å². The summed E-state index contributed by atoms with van der Waals surface area (Å²) in [7, 11) is -3.29. The number of rotatable bonds is 3. The maximum atomic E-state index is 11.6. The van der Waals surface area contributed by atoms with Crippen LogP contribution in [0.5, 0.6) is 0 Å². The maximum Gasteiger partial charge on any atom is 0.229 e. The molecule has 4 nitrogen and oxygen atoms in total. The van der Waals surface area contributed by atoms with E-state index in [1.165, 1.54) is 19.0 Å². The average molecular weight is 293 g/mol. The van der Waals surface area contributed by atoms with E-state index in [9.17, 15) is 8.42 Å².